The second-order valence-electron chi connectivity index (χ2n) is 7.85. The lowest BCUT2D eigenvalue weighted by molar-refractivity contribution is -0.126. The van der Waals surface area contributed by atoms with E-state index in [9.17, 15) is 18.0 Å². The van der Waals surface area contributed by atoms with Crippen LogP contribution in [0.4, 0.5) is 5.69 Å². The molecule has 2 fully saturated rings. The number of carbonyl (C=O) groups excluding carboxylic acids is 2. The van der Waals surface area contributed by atoms with Crippen molar-refractivity contribution >= 4 is 27.5 Å². The van der Waals surface area contributed by atoms with Crippen LogP contribution in [-0.2, 0) is 19.6 Å². The summed E-state index contributed by atoms with van der Waals surface area (Å²) in [5, 5.41) is 5.71. The molecule has 2 atom stereocenters. The van der Waals surface area contributed by atoms with Crippen molar-refractivity contribution in [2.24, 2.45) is 5.92 Å². The lowest BCUT2D eigenvalue weighted by Crippen LogP contribution is -2.46. The van der Waals surface area contributed by atoms with Crippen molar-refractivity contribution < 1.29 is 22.7 Å². The number of hydrogen-bond acceptors (Lipinski definition) is 5. The molecule has 8 nitrogen and oxygen atoms in total. The Morgan fingerprint density at radius 1 is 1.29 bits per heavy atom. The number of amides is 2. The summed E-state index contributed by atoms with van der Waals surface area (Å²) in [6.45, 7) is 3.88. The van der Waals surface area contributed by atoms with E-state index in [1.54, 1.807) is 19.9 Å². The number of benzene rings is 1. The number of fused-ring (bicyclic) bond motifs is 1. The van der Waals surface area contributed by atoms with Gasteiger partial charge in [-0.3, -0.25) is 9.59 Å². The highest BCUT2D eigenvalue weighted by atomic mass is 32.2. The summed E-state index contributed by atoms with van der Waals surface area (Å²) in [6.07, 6.45) is 2.67. The van der Waals surface area contributed by atoms with Gasteiger partial charge in [0.05, 0.1) is 16.5 Å². The molecule has 0 spiro atoms. The van der Waals surface area contributed by atoms with Crippen LogP contribution in [-0.4, -0.2) is 49.8 Å². The molecule has 152 valence electrons. The molecule has 2 aliphatic heterocycles. The average Bonchev–Trinajstić information content (AvgIpc) is 3.46. The summed E-state index contributed by atoms with van der Waals surface area (Å²) in [4.78, 5) is 24.3. The van der Waals surface area contributed by atoms with Crippen LogP contribution >= 0.6 is 0 Å². The number of rotatable bonds is 4. The molecule has 9 heteroatoms. The molecule has 0 aromatic heterocycles. The third-order valence-electron chi connectivity index (χ3n) is 5.50. The van der Waals surface area contributed by atoms with E-state index in [0.29, 0.717) is 36.4 Å². The fourth-order valence-corrected chi connectivity index (χ4v) is 5.43. The fourth-order valence-electron chi connectivity index (χ4n) is 3.68. The Bertz CT molecular complexity index is 926. The molecule has 1 aromatic carbocycles. The minimum Gasteiger partial charge on any atom is -0.479 e. The van der Waals surface area contributed by atoms with Gasteiger partial charge in [-0.2, -0.15) is 4.31 Å². The van der Waals surface area contributed by atoms with Crippen molar-refractivity contribution in [2.75, 3.05) is 18.4 Å². The first-order valence-corrected chi connectivity index (χ1v) is 11.1. The van der Waals surface area contributed by atoms with Gasteiger partial charge >= 0.3 is 0 Å². The summed E-state index contributed by atoms with van der Waals surface area (Å²) in [7, 11) is -3.78. The van der Waals surface area contributed by atoms with Gasteiger partial charge < -0.3 is 15.4 Å². The van der Waals surface area contributed by atoms with E-state index < -0.39 is 16.1 Å². The van der Waals surface area contributed by atoms with Crippen molar-refractivity contribution in [3.63, 3.8) is 0 Å². The van der Waals surface area contributed by atoms with E-state index >= 15 is 0 Å². The van der Waals surface area contributed by atoms with E-state index in [0.717, 1.165) is 12.8 Å². The van der Waals surface area contributed by atoms with Crippen molar-refractivity contribution in [2.45, 2.75) is 56.6 Å². The zero-order chi connectivity index (χ0) is 20.1. The lowest BCUT2D eigenvalue weighted by Gasteiger charge is -2.32. The average molecular weight is 407 g/mol. The van der Waals surface area contributed by atoms with Crippen molar-refractivity contribution in [3.05, 3.63) is 17.7 Å². The number of anilines is 1. The molecule has 1 saturated heterocycles. The molecule has 2 N–H and O–H groups in total. The van der Waals surface area contributed by atoms with Gasteiger partial charge in [-0.05, 0) is 51.2 Å². The number of piperidine rings is 1. The van der Waals surface area contributed by atoms with Gasteiger partial charge in [-0.15, -0.1) is 0 Å². The molecule has 2 amide bonds. The molecule has 1 saturated carbocycles. The second-order valence-corrected chi connectivity index (χ2v) is 9.75. The number of nitrogens with zero attached hydrogens (tertiary/aromatic N) is 1. The SMILES string of the molecule is Cc1cc2c(cc1S(=O)(=O)N1CCC[C@@H](C(=O)NC3CC3)C1)O[C@@H](C)C(=O)N2. The van der Waals surface area contributed by atoms with Crippen LogP contribution in [0.15, 0.2) is 17.0 Å². The minimum absolute atomic E-state index is 0.0515. The summed E-state index contributed by atoms with van der Waals surface area (Å²) in [5.41, 5.74) is 1.00. The van der Waals surface area contributed by atoms with Gasteiger partial charge in [-0.25, -0.2) is 8.42 Å². The summed E-state index contributed by atoms with van der Waals surface area (Å²) in [5.74, 6) is -0.290. The number of nitrogens with one attached hydrogen (secondary N) is 2. The molecule has 2 heterocycles. The van der Waals surface area contributed by atoms with Crippen LogP contribution in [0.2, 0.25) is 0 Å². The summed E-state index contributed by atoms with van der Waals surface area (Å²) < 4.78 is 33.6. The maximum atomic E-state index is 13.3. The van der Waals surface area contributed by atoms with Gasteiger partial charge in [-0.1, -0.05) is 0 Å². The lowest BCUT2D eigenvalue weighted by atomic mass is 9.99. The topological polar surface area (TPSA) is 105 Å². The highest BCUT2D eigenvalue weighted by Crippen LogP contribution is 2.36. The van der Waals surface area contributed by atoms with Gasteiger partial charge in [0.1, 0.15) is 5.75 Å². The predicted octanol–water partition coefficient (Wildman–Crippen LogP) is 1.39. The monoisotopic (exact) mass is 407 g/mol. The Morgan fingerprint density at radius 3 is 2.75 bits per heavy atom. The highest BCUT2D eigenvalue weighted by Gasteiger charge is 2.36. The van der Waals surface area contributed by atoms with E-state index in [2.05, 4.69) is 10.6 Å². The molecule has 4 rings (SSSR count). The maximum Gasteiger partial charge on any atom is 0.265 e. The first-order chi connectivity index (χ1) is 13.3. The zero-order valence-corrected chi connectivity index (χ0v) is 16.8. The Balaban J connectivity index is 1.58. The third kappa shape index (κ3) is 3.60. The second kappa shape index (κ2) is 7.04. The quantitative estimate of drug-likeness (QED) is 0.785. The van der Waals surface area contributed by atoms with Crippen molar-refractivity contribution in [1.82, 2.24) is 9.62 Å². The van der Waals surface area contributed by atoms with Crippen LogP contribution in [0.25, 0.3) is 0 Å². The van der Waals surface area contributed by atoms with Crippen molar-refractivity contribution in [1.29, 1.82) is 0 Å². The number of sulfonamides is 1. The molecule has 1 aromatic rings. The van der Waals surface area contributed by atoms with Crippen LogP contribution < -0.4 is 15.4 Å². The van der Waals surface area contributed by atoms with Crippen LogP contribution in [0, 0.1) is 12.8 Å². The minimum atomic E-state index is -3.78. The molecule has 0 unspecified atom stereocenters. The normalized spacial score (nSPS) is 25.4. The molecule has 0 radical (unpaired) electrons. The molecular formula is C19H25N3O5S. The molecule has 1 aliphatic carbocycles. The fraction of sp³-hybridized carbons (Fsp3) is 0.579. The van der Waals surface area contributed by atoms with Crippen LogP contribution in [0.5, 0.6) is 5.75 Å². The summed E-state index contributed by atoms with van der Waals surface area (Å²) in [6, 6.07) is 3.36. The predicted molar refractivity (Wildman–Crippen MR) is 103 cm³/mol. The highest BCUT2D eigenvalue weighted by molar-refractivity contribution is 7.89. The Morgan fingerprint density at radius 2 is 2.04 bits per heavy atom. The standard InChI is InChI=1S/C19H25N3O5S/c1-11-8-15-16(27-12(2)18(23)21-15)9-17(11)28(25,26)22-7-3-4-13(10-22)19(24)20-14-5-6-14/h8-9,12-14H,3-7,10H2,1-2H3,(H,20,24)(H,21,23)/t12-,13+/m0/s1. The number of hydrogen-bond donors (Lipinski definition) is 2. The van der Waals surface area contributed by atoms with Gasteiger partial charge in [0, 0.05) is 25.2 Å². The number of ether oxygens (including phenoxy) is 1. The Hall–Kier alpha value is -2.13. The first kappa shape index (κ1) is 19.2. The zero-order valence-electron chi connectivity index (χ0n) is 16.0. The first-order valence-electron chi connectivity index (χ1n) is 9.68. The smallest absolute Gasteiger partial charge is 0.265 e. The van der Waals surface area contributed by atoms with Gasteiger partial charge in [0.25, 0.3) is 5.91 Å². The van der Waals surface area contributed by atoms with E-state index in [1.807, 2.05) is 0 Å². The van der Waals surface area contributed by atoms with Gasteiger partial charge in [0.2, 0.25) is 15.9 Å². The van der Waals surface area contributed by atoms with E-state index in [1.165, 1.54) is 10.4 Å². The molecule has 0 bridgehead atoms. The molecular weight excluding hydrogens is 382 g/mol. The Labute approximate surface area is 164 Å². The largest absolute Gasteiger partial charge is 0.479 e. The van der Waals surface area contributed by atoms with Crippen LogP contribution in [0.1, 0.15) is 38.2 Å². The third-order valence-corrected chi connectivity index (χ3v) is 7.51. The van der Waals surface area contributed by atoms with E-state index in [4.69, 9.17) is 4.74 Å². The maximum absolute atomic E-state index is 13.3. The molecule has 3 aliphatic rings. The van der Waals surface area contributed by atoms with Crippen molar-refractivity contribution in [3.8, 4) is 5.75 Å². The van der Waals surface area contributed by atoms with Crippen LogP contribution in [0.3, 0.4) is 0 Å². The van der Waals surface area contributed by atoms with E-state index in [-0.39, 0.29) is 35.2 Å². The molecule has 28 heavy (non-hydrogen) atoms. The number of carbonyl (C=O) groups is 2. The van der Waals surface area contributed by atoms with Gasteiger partial charge in [0.15, 0.2) is 6.10 Å². The number of aryl methyl sites for hydroxylation is 1. The summed E-state index contributed by atoms with van der Waals surface area (Å²) >= 11 is 0. The Kier molecular flexibility index (Phi) is 4.83.